The highest BCUT2D eigenvalue weighted by molar-refractivity contribution is 7.10. The first-order chi connectivity index (χ1) is 16.4. The Kier molecular flexibility index (Phi) is 6.08. The maximum Gasteiger partial charge on any atom is 0.271 e. The van der Waals surface area contributed by atoms with E-state index in [1.807, 2.05) is 79.9 Å². The number of carbonyl (C=O) groups excluding carboxylic acids is 1. The lowest BCUT2D eigenvalue weighted by molar-refractivity contribution is -0.113. The van der Waals surface area contributed by atoms with Gasteiger partial charge in [-0.3, -0.25) is 14.2 Å². The van der Waals surface area contributed by atoms with Crippen molar-refractivity contribution in [3.8, 4) is 0 Å². The molecular weight excluding hydrogens is 486 g/mol. The molecule has 1 N–H and O–H groups in total. The van der Waals surface area contributed by atoms with Crippen LogP contribution in [0.2, 0.25) is 5.02 Å². The van der Waals surface area contributed by atoms with E-state index in [0.717, 1.165) is 21.7 Å². The molecule has 2 aromatic carbocycles. The van der Waals surface area contributed by atoms with Crippen molar-refractivity contribution in [3.63, 3.8) is 0 Å². The second kappa shape index (κ2) is 9.18. The summed E-state index contributed by atoms with van der Waals surface area (Å²) >= 11 is 8.95. The van der Waals surface area contributed by atoms with Crippen LogP contribution in [-0.2, 0) is 4.79 Å². The number of nitrogens with zero attached hydrogens (tertiary/aromatic N) is 2. The van der Waals surface area contributed by atoms with Crippen LogP contribution in [0.5, 0.6) is 0 Å². The van der Waals surface area contributed by atoms with E-state index in [1.54, 1.807) is 10.6 Å². The highest BCUT2D eigenvalue weighted by atomic mass is 35.5. The number of aryl methyl sites for hydroxylation is 1. The number of amides is 1. The summed E-state index contributed by atoms with van der Waals surface area (Å²) in [4.78, 5) is 33.3. The number of nitrogens with one attached hydrogen (secondary N) is 1. The lowest BCUT2D eigenvalue weighted by Crippen LogP contribution is -2.40. The zero-order valence-corrected chi connectivity index (χ0v) is 20.8. The van der Waals surface area contributed by atoms with Gasteiger partial charge in [0.1, 0.15) is 6.04 Å². The van der Waals surface area contributed by atoms with Crippen molar-refractivity contribution < 1.29 is 4.79 Å². The van der Waals surface area contributed by atoms with Crippen molar-refractivity contribution in [2.45, 2.75) is 19.9 Å². The Morgan fingerprint density at radius 3 is 2.68 bits per heavy atom. The lowest BCUT2D eigenvalue weighted by atomic mass is 10.0. The minimum absolute atomic E-state index is 0.184. The molecule has 0 saturated heterocycles. The molecule has 0 spiro atoms. The molecule has 1 amide bonds. The van der Waals surface area contributed by atoms with Crippen molar-refractivity contribution in [2.24, 2.45) is 4.99 Å². The Morgan fingerprint density at radius 2 is 1.94 bits per heavy atom. The van der Waals surface area contributed by atoms with E-state index >= 15 is 0 Å². The number of para-hydroxylation sites is 1. The molecule has 1 aliphatic rings. The molecule has 3 heterocycles. The molecule has 1 unspecified atom stereocenters. The summed E-state index contributed by atoms with van der Waals surface area (Å²) in [5.41, 5.74) is 3.40. The zero-order valence-electron chi connectivity index (χ0n) is 18.4. The largest absolute Gasteiger partial charge is 0.322 e. The summed E-state index contributed by atoms with van der Waals surface area (Å²) in [6.07, 6.45) is 1.81. The minimum Gasteiger partial charge on any atom is -0.322 e. The quantitative estimate of drug-likeness (QED) is 0.429. The van der Waals surface area contributed by atoms with Gasteiger partial charge in [-0.05, 0) is 60.7 Å². The smallest absolute Gasteiger partial charge is 0.271 e. The average Bonchev–Trinajstić information content (AvgIpc) is 3.43. The number of fused-ring (bicyclic) bond motifs is 1. The molecule has 0 fully saturated rings. The number of halogens is 1. The van der Waals surface area contributed by atoms with Crippen LogP contribution in [0.3, 0.4) is 0 Å². The molecule has 4 aromatic rings. The van der Waals surface area contributed by atoms with Gasteiger partial charge < -0.3 is 5.32 Å². The van der Waals surface area contributed by atoms with Crippen molar-refractivity contribution in [3.05, 3.63) is 118 Å². The number of aromatic nitrogens is 1. The van der Waals surface area contributed by atoms with Crippen LogP contribution >= 0.6 is 34.3 Å². The lowest BCUT2D eigenvalue weighted by Gasteiger charge is -2.24. The summed E-state index contributed by atoms with van der Waals surface area (Å²) in [5.74, 6) is -0.266. The topological polar surface area (TPSA) is 63.5 Å². The summed E-state index contributed by atoms with van der Waals surface area (Å²) < 4.78 is 2.17. The van der Waals surface area contributed by atoms with Crippen LogP contribution in [0.15, 0.2) is 87.1 Å². The van der Waals surface area contributed by atoms with Crippen molar-refractivity contribution in [1.82, 2.24) is 4.57 Å². The van der Waals surface area contributed by atoms with Gasteiger partial charge in [-0.2, -0.15) is 0 Å². The molecule has 2 aromatic heterocycles. The molecule has 0 aliphatic carbocycles. The van der Waals surface area contributed by atoms with Gasteiger partial charge in [0.05, 0.1) is 15.8 Å². The van der Waals surface area contributed by atoms with E-state index < -0.39 is 6.04 Å². The summed E-state index contributed by atoms with van der Waals surface area (Å²) in [6, 6.07) is 18.3. The molecule has 0 radical (unpaired) electrons. The Morgan fingerprint density at radius 1 is 1.12 bits per heavy atom. The molecule has 1 atom stereocenters. The number of anilines is 1. The summed E-state index contributed by atoms with van der Waals surface area (Å²) in [5, 5.41) is 5.57. The number of rotatable bonds is 4. The van der Waals surface area contributed by atoms with Gasteiger partial charge in [0.2, 0.25) is 0 Å². The first kappa shape index (κ1) is 22.5. The molecule has 170 valence electrons. The van der Waals surface area contributed by atoms with E-state index in [4.69, 9.17) is 11.6 Å². The van der Waals surface area contributed by atoms with Crippen molar-refractivity contribution >= 4 is 51.9 Å². The Labute approximate surface area is 209 Å². The fourth-order valence-corrected chi connectivity index (χ4v) is 6.05. The van der Waals surface area contributed by atoms with E-state index in [-0.39, 0.29) is 11.5 Å². The molecule has 34 heavy (non-hydrogen) atoms. The molecule has 0 saturated carbocycles. The Bertz CT molecular complexity index is 1610. The monoisotopic (exact) mass is 505 g/mol. The van der Waals surface area contributed by atoms with Crippen LogP contribution < -0.4 is 20.2 Å². The van der Waals surface area contributed by atoms with Gasteiger partial charge in [-0.25, -0.2) is 4.99 Å². The summed E-state index contributed by atoms with van der Waals surface area (Å²) in [7, 11) is 0. The van der Waals surface area contributed by atoms with Crippen LogP contribution in [-0.4, -0.2) is 10.5 Å². The fraction of sp³-hybridized carbons (Fsp3) is 0.115. The summed E-state index contributed by atoms with van der Waals surface area (Å²) in [6.45, 7) is 3.76. The van der Waals surface area contributed by atoms with Gasteiger partial charge in [0.25, 0.3) is 11.5 Å². The number of hydrogen-bond acceptors (Lipinski definition) is 5. The molecule has 5 nitrogen and oxygen atoms in total. The second-order valence-electron chi connectivity index (χ2n) is 7.92. The van der Waals surface area contributed by atoms with Crippen LogP contribution in [0.4, 0.5) is 5.69 Å². The normalized spacial score (nSPS) is 15.7. The van der Waals surface area contributed by atoms with Gasteiger partial charge in [-0.15, -0.1) is 11.3 Å². The van der Waals surface area contributed by atoms with Gasteiger partial charge in [0, 0.05) is 15.6 Å². The molecule has 1 aliphatic heterocycles. The number of benzene rings is 2. The molecule has 5 rings (SSSR count). The second-order valence-corrected chi connectivity index (χ2v) is 10.3. The Balaban J connectivity index is 1.65. The average molecular weight is 506 g/mol. The highest BCUT2D eigenvalue weighted by Gasteiger charge is 2.33. The molecular formula is C26H20ClN3O2S2. The zero-order chi connectivity index (χ0) is 23.8. The van der Waals surface area contributed by atoms with Gasteiger partial charge >= 0.3 is 0 Å². The maximum atomic E-state index is 13.6. The third-order valence-electron chi connectivity index (χ3n) is 5.62. The van der Waals surface area contributed by atoms with E-state index in [9.17, 15) is 9.59 Å². The third-order valence-corrected chi connectivity index (χ3v) is 7.76. The predicted octanol–water partition coefficient (Wildman–Crippen LogP) is 4.90. The highest BCUT2D eigenvalue weighted by Crippen LogP contribution is 2.33. The third kappa shape index (κ3) is 4.18. The van der Waals surface area contributed by atoms with Crippen LogP contribution in [0.25, 0.3) is 6.08 Å². The standard InChI is InChI=1S/C26H20ClN3O2S2/c1-15-7-3-4-10-19(15)29-24(31)22-16(2)28-26-30(23(22)20-11-6-12-33-20)25(32)21(34-26)14-17-8-5-9-18(27)13-17/h3-14,23H,1-2H3,(H,29,31)/b21-14+. The SMILES string of the molecule is CC1=C(C(=O)Nc2ccccc2C)C(c2cccs2)n2c(s/c(=C/c3cccc(Cl)c3)c2=O)=N1. The van der Waals surface area contributed by atoms with E-state index in [2.05, 4.69) is 10.3 Å². The van der Waals surface area contributed by atoms with E-state index in [0.29, 0.717) is 25.6 Å². The number of thiophene rings is 1. The number of allylic oxidation sites excluding steroid dienone is 1. The number of hydrogen-bond donors (Lipinski definition) is 1. The Hall–Kier alpha value is -3.26. The number of thiazole rings is 1. The van der Waals surface area contributed by atoms with Gasteiger partial charge in [0.15, 0.2) is 4.80 Å². The molecule has 8 heteroatoms. The maximum absolute atomic E-state index is 13.6. The van der Waals surface area contributed by atoms with Crippen LogP contribution in [0.1, 0.15) is 29.0 Å². The predicted molar refractivity (Wildman–Crippen MR) is 139 cm³/mol. The molecule has 0 bridgehead atoms. The van der Waals surface area contributed by atoms with Crippen molar-refractivity contribution in [1.29, 1.82) is 0 Å². The first-order valence-corrected chi connectivity index (χ1v) is 12.7. The van der Waals surface area contributed by atoms with Gasteiger partial charge in [-0.1, -0.05) is 59.3 Å². The van der Waals surface area contributed by atoms with Crippen LogP contribution in [0, 0.1) is 6.92 Å². The fourth-order valence-electron chi connectivity index (χ4n) is 3.98. The minimum atomic E-state index is -0.554. The first-order valence-electron chi connectivity index (χ1n) is 10.6. The van der Waals surface area contributed by atoms with Crippen molar-refractivity contribution in [2.75, 3.05) is 5.32 Å². The van der Waals surface area contributed by atoms with E-state index in [1.165, 1.54) is 22.7 Å². The number of carbonyl (C=O) groups is 1.